The number of ether oxygens (including phenoxy) is 1. The lowest BCUT2D eigenvalue weighted by Gasteiger charge is -2.18. The number of fused-ring (bicyclic) bond motifs is 1. The van der Waals surface area contributed by atoms with E-state index in [9.17, 15) is 27.6 Å². The van der Waals surface area contributed by atoms with Crippen molar-refractivity contribution in [1.29, 1.82) is 0 Å². The van der Waals surface area contributed by atoms with Crippen molar-refractivity contribution < 1.29 is 32.3 Å². The molecule has 0 atom stereocenters. The molecular formula is C24H17F3N2O4. The van der Waals surface area contributed by atoms with Crippen molar-refractivity contribution in [2.75, 3.05) is 11.9 Å². The van der Waals surface area contributed by atoms with Crippen LogP contribution in [0.5, 0.6) is 5.75 Å². The van der Waals surface area contributed by atoms with Gasteiger partial charge in [-0.25, -0.2) is 0 Å². The third-order valence-corrected chi connectivity index (χ3v) is 5.00. The van der Waals surface area contributed by atoms with Gasteiger partial charge in [0, 0.05) is 17.7 Å². The van der Waals surface area contributed by atoms with Gasteiger partial charge in [0.05, 0.1) is 16.8 Å². The first-order valence-electron chi connectivity index (χ1n) is 9.87. The summed E-state index contributed by atoms with van der Waals surface area (Å²) in [4.78, 5) is 37.4. The number of nitrogens with one attached hydrogen (secondary N) is 2. The molecule has 9 heteroatoms. The average molecular weight is 454 g/mol. The Morgan fingerprint density at radius 2 is 1.73 bits per heavy atom. The zero-order valence-corrected chi connectivity index (χ0v) is 17.0. The van der Waals surface area contributed by atoms with Crippen molar-refractivity contribution >= 4 is 23.3 Å². The van der Waals surface area contributed by atoms with E-state index in [1.54, 1.807) is 18.2 Å². The van der Waals surface area contributed by atoms with Gasteiger partial charge in [0.15, 0.2) is 12.4 Å². The zero-order valence-electron chi connectivity index (χ0n) is 17.0. The zero-order chi connectivity index (χ0) is 23.6. The molecule has 3 aromatic carbocycles. The molecule has 0 aromatic heterocycles. The van der Waals surface area contributed by atoms with E-state index >= 15 is 0 Å². The molecule has 3 aromatic rings. The molecule has 2 N–H and O–H groups in total. The van der Waals surface area contributed by atoms with Gasteiger partial charge in [0.1, 0.15) is 5.75 Å². The summed E-state index contributed by atoms with van der Waals surface area (Å²) in [6.07, 6.45) is -4.49. The van der Waals surface area contributed by atoms with Crippen LogP contribution in [0.3, 0.4) is 0 Å². The van der Waals surface area contributed by atoms with Gasteiger partial charge in [-0.15, -0.1) is 0 Å². The molecule has 0 saturated carbocycles. The molecule has 0 bridgehead atoms. The Bertz CT molecular complexity index is 1250. The third kappa shape index (κ3) is 4.87. The number of rotatable bonds is 5. The van der Waals surface area contributed by atoms with Crippen LogP contribution >= 0.6 is 0 Å². The van der Waals surface area contributed by atoms with Crippen molar-refractivity contribution in [3.8, 4) is 5.75 Å². The highest BCUT2D eigenvalue weighted by Crippen LogP contribution is 2.30. The summed E-state index contributed by atoms with van der Waals surface area (Å²) in [6.45, 7) is -0.261. The van der Waals surface area contributed by atoms with Gasteiger partial charge >= 0.3 is 6.18 Å². The van der Waals surface area contributed by atoms with E-state index < -0.39 is 23.4 Å². The first-order valence-corrected chi connectivity index (χ1v) is 9.87. The van der Waals surface area contributed by atoms with E-state index in [0.717, 1.165) is 12.1 Å². The van der Waals surface area contributed by atoms with E-state index in [2.05, 4.69) is 10.6 Å². The topological polar surface area (TPSA) is 84.5 Å². The minimum absolute atomic E-state index is 0.0764. The number of alkyl halides is 3. The Hall–Kier alpha value is -4.14. The molecule has 0 saturated heterocycles. The summed E-state index contributed by atoms with van der Waals surface area (Å²) in [6, 6.07) is 15.3. The van der Waals surface area contributed by atoms with Gasteiger partial charge < -0.3 is 15.4 Å². The highest BCUT2D eigenvalue weighted by molar-refractivity contribution is 6.16. The second kappa shape index (κ2) is 8.78. The minimum Gasteiger partial charge on any atom is -0.482 e. The number of hydrogen-bond donors (Lipinski definition) is 2. The van der Waals surface area contributed by atoms with Crippen LogP contribution in [0.25, 0.3) is 0 Å². The first-order chi connectivity index (χ1) is 15.7. The quantitative estimate of drug-likeness (QED) is 0.566. The summed E-state index contributed by atoms with van der Waals surface area (Å²) in [7, 11) is 0. The molecule has 6 nitrogen and oxygen atoms in total. The fourth-order valence-electron chi connectivity index (χ4n) is 3.39. The largest absolute Gasteiger partial charge is 0.482 e. The van der Waals surface area contributed by atoms with Crippen LogP contribution < -0.4 is 15.4 Å². The maximum atomic E-state index is 13.1. The molecule has 168 valence electrons. The summed E-state index contributed by atoms with van der Waals surface area (Å²) in [5.41, 5.74) is 0.233. The SMILES string of the molecule is O=C1COc2ccc(C(=O)c3ccccc3C(=O)NCc3cccc(C(F)(F)F)c3)cc2N1. The Balaban J connectivity index is 1.54. The van der Waals surface area contributed by atoms with Gasteiger partial charge in [-0.05, 0) is 42.0 Å². The molecule has 2 amide bonds. The maximum Gasteiger partial charge on any atom is 0.416 e. The van der Waals surface area contributed by atoms with Crippen molar-refractivity contribution in [3.63, 3.8) is 0 Å². The number of carbonyl (C=O) groups is 3. The lowest BCUT2D eigenvalue weighted by Crippen LogP contribution is -2.26. The van der Waals surface area contributed by atoms with Crippen LogP contribution in [0, 0.1) is 0 Å². The van der Waals surface area contributed by atoms with Crippen LogP contribution in [-0.2, 0) is 17.5 Å². The van der Waals surface area contributed by atoms with Gasteiger partial charge in [0.2, 0.25) is 0 Å². The molecule has 1 heterocycles. The van der Waals surface area contributed by atoms with Crippen molar-refractivity contribution in [2.45, 2.75) is 12.7 Å². The van der Waals surface area contributed by atoms with Crippen LogP contribution in [0.4, 0.5) is 18.9 Å². The Labute approximate surface area is 186 Å². The third-order valence-electron chi connectivity index (χ3n) is 5.00. The molecular weight excluding hydrogens is 437 g/mol. The lowest BCUT2D eigenvalue weighted by atomic mass is 9.97. The Morgan fingerprint density at radius 1 is 0.970 bits per heavy atom. The molecule has 1 aliphatic rings. The summed E-state index contributed by atoms with van der Waals surface area (Å²) < 4.78 is 44.0. The van der Waals surface area contributed by atoms with Crippen molar-refractivity contribution in [3.05, 3.63) is 94.5 Å². The number of halogens is 3. The standard InChI is InChI=1S/C24H17F3N2O4/c25-24(26,27)16-5-3-4-14(10-16)12-28-23(32)18-7-2-1-6-17(18)22(31)15-8-9-20-19(11-15)29-21(30)13-33-20/h1-11H,12-13H2,(H,28,32)(H,29,30). The van der Waals surface area contributed by atoms with E-state index in [-0.39, 0.29) is 41.3 Å². The van der Waals surface area contributed by atoms with Crippen LogP contribution in [0.15, 0.2) is 66.7 Å². The molecule has 33 heavy (non-hydrogen) atoms. The lowest BCUT2D eigenvalue weighted by molar-refractivity contribution is -0.137. The fourth-order valence-corrected chi connectivity index (χ4v) is 3.39. The molecule has 0 aliphatic carbocycles. The van der Waals surface area contributed by atoms with Crippen molar-refractivity contribution in [1.82, 2.24) is 5.32 Å². The van der Waals surface area contributed by atoms with Crippen LogP contribution in [0.1, 0.15) is 37.4 Å². The van der Waals surface area contributed by atoms with Gasteiger partial charge in [-0.2, -0.15) is 13.2 Å². The molecule has 1 aliphatic heterocycles. The number of amides is 2. The van der Waals surface area contributed by atoms with E-state index in [1.807, 2.05) is 0 Å². The van der Waals surface area contributed by atoms with E-state index in [4.69, 9.17) is 4.74 Å². The monoisotopic (exact) mass is 454 g/mol. The molecule has 0 fully saturated rings. The molecule has 0 unspecified atom stereocenters. The predicted molar refractivity (Wildman–Crippen MR) is 113 cm³/mol. The van der Waals surface area contributed by atoms with Crippen LogP contribution in [-0.4, -0.2) is 24.2 Å². The Morgan fingerprint density at radius 3 is 2.48 bits per heavy atom. The van der Waals surface area contributed by atoms with Gasteiger partial charge in [-0.3, -0.25) is 14.4 Å². The highest BCUT2D eigenvalue weighted by Gasteiger charge is 2.30. The second-order valence-corrected chi connectivity index (χ2v) is 7.30. The fraction of sp³-hybridized carbons (Fsp3) is 0.125. The summed E-state index contributed by atoms with van der Waals surface area (Å²) in [5, 5.41) is 5.18. The maximum absolute atomic E-state index is 13.1. The molecule has 0 spiro atoms. The smallest absolute Gasteiger partial charge is 0.416 e. The number of carbonyl (C=O) groups excluding carboxylic acids is 3. The second-order valence-electron chi connectivity index (χ2n) is 7.30. The van der Waals surface area contributed by atoms with Crippen LogP contribution in [0.2, 0.25) is 0 Å². The predicted octanol–water partition coefficient (Wildman–Crippen LogP) is 4.20. The number of ketones is 1. The van der Waals surface area contributed by atoms with Gasteiger partial charge in [0.25, 0.3) is 11.8 Å². The Kier molecular flexibility index (Phi) is 5.87. The van der Waals surface area contributed by atoms with Crippen molar-refractivity contribution in [2.24, 2.45) is 0 Å². The van der Waals surface area contributed by atoms with E-state index in [1.165, 1.54) is 36.4 Å². The van der Waals surface area contributed by atoms with Gasteiger partial charge in [-0.1, -0.05) is 30.3 Å². The first kappa shape index (κ1) is 22.1. The molecule has 0 radical (unpaired) electrons. The molecule has 4 rings (SSSR count). The number of benzene rings is 3. The average Bonchev–Trinajstić information content (AvgIpc) is 2.81. The minimum atomic E-state index is -4.49. The highest BCUT2D eigenvalue weighted by atomic mass is 19.4. The summed E-state index contributed by atoms with van der Waals surface area (Å²) in [5.74, 6) is -0.979. The normalized spacial score (nSPS) is 12.9. The summed E-state index contributed by atoms with van der Waals surface area (Å²) >= 11 is 0. The van der Waals surface area contributed by atoms with E-state index in [0.29, 0.717) is 11.4 Å². The number of hydrogen-bond acceptors (Lipinski definition) is 4. The number of anilines is 1.